The molecule has 2 aliphatic rings. The summed E-state index contributed by atoms with van der Waals surface area (Å²) in [7, 11) is 0. The zero-order chi connectivity index (χ0) is 12.4. The monoisotopic (exact) mass is 309 g/mol. The number of para-hydroxylation sites is 1. The lowest BCUT2D eigenvalue weighted by atomic mass is 10.0. The molecule has 0 bridgehead atoms. The smallest absolute Gasteiger partial charge is 0.136 e. The second-order valence-corrected chi connectivity index (χ2v) is 6.33. The Balaban J connectivity index is 1.71. The summed E-state index contributed by atoms with van der Waals surface area (Å²) in [5.74, 6) is 1.87. The zero-order valence-electron chi connectivity index (χ0n) is 10.6. The fourth-order valence-electron chi connectivity index (χ4n) is 2.56. The molecule has 1 N–H and O–H groups in total. The molecule has 1 aromatic carbocycles. The average molecular weight is 310 g/mol. The molecule has 1 saturated heterocycles. The minimum atomic E-state index is 0.627. The Morgan fingerprint density at radius 2 is 2.17 bits per heavy atom. The molecule has 2 nitrogen and oxygen atoms in total. The summed E-state index contributed by atoms with van der Waals surface area (Å²) in [6.45, 7) is 2.05. The van der Waals surface area contributed by atoms with Crippen molar-refractivity contribution in [2.24, 2.45) is 5.92 Å². The van der Waals surface area contributed by atoms with Gasteiger partial charge in [0.25, 0.3) is 0 Å². The van der Waals surface area contributed by atoms with Crippen molar-refractivity contribution in [1.29, 1.82) is 0 Å². The minimum absolute atomic E-state index is 0.627. The maximum Gasteiger partial charge on any atom is 0.136 e. The first-order valence-corrected chi connectivity index (χ1v) is 7.76. The summed E-state index contributed by atoms with van der Waals surface area (Å²) in [5, 5.41) is 3.56. The number of halogens is 1. The molecule has 0 amide bonds. The normalized spacial score (nSPS) is 23.3. The van der Waals surface area contributed by atoms with E-state index < -0.39 is 0 Å². The predicted octanol–water partition coefficient (Wildman–Crippen LogP) is 3.53. The van der Waals surface area contributed by atoms with Crippen LogP contribution in [0.5, 0.6) is 5.75 Å². The first-order chi connectivity index (χ1) is 8.83. The third-order valence-electron chi connectivity index (χ3n) is 3.84. The summed E-state index contributed by atoms with van der Waals surface area (Å²) in [4.78, 5) is 0. The lowest BCUT2D eigenvalue weighted by Crippen LogP contribution is -2.24. The molecule has 1 aliphatic carbocycles. The number of hydrogen-bond donors (Lipinski definition) is 1. The van der Waals surface area contributed by atoms with Gasteiger partial charge in [0.2, 0.25) is 0 Å². The maximum atomic E-state index is 6.03. The Morgan fingerprint density at radius 1 is 1.28 bits per heavy atom. The highest BCUT2D eigenvalue weighted by molar-refractivity contribution is 9.10. The molecule has 18 heavy (non-hydrogen) atoms. The van der Waals surface area contributed by atoms with E-state index in [2.05, 4.69) is 39.4 Å². The van der Waals surface area contributed by atoms with Crippen LogP contribution in [0.2, 0.25) is 0 Å². The standard InChI is InChI=1S/C15H20BrNO/c16-14-5-1-3-12(9-13-4-2-8-17-13)15(14)18-10-11-6-7-11/h1,3,5,11,13,17H,2,4,6-10H2. The Kier molecular flexibility index (Phi) is 3.90. The van der Waals surface area contributed by atoms with Crippen LogP contribution in [0.1, 0.15) is 31.2 Å². The van der Waals surface area contributed by atoms with Crippen LogP contribution in [0.4, 0.5) is 0 Å². The first kappa shape index (κ1) is 12.5. The number of benzene rings is 1. The molecule has 1 saturated carbocycles. The van der Waals surface area contributed by atoms with Crippen molar-refractivity contribution < 1.29 is 4.74 Å². The van der Waals surface area contributed by atoms with Gasteiger partial charge in [-0.05, 0) is 72.1 Å². The molecule has 0 spiro atoms. The summed E-state index contributed by atoms with van der Waals surface area (Å²) in [5.41, 5.74) is 1.34. The van der Waals surface area contributed by atoms with Crippen molar-refractivity contribution in [3.63, 3.8) is 0 Å². The molecule has 2 fully saturated rings. The van der Waals surface area contributed by atoms with Gasteiger partial charge in [0.05, 0.1) is 11.1 Å². The Hall–Kier alpha value is -0.540. The van der Waals surface area contributed by atoms with Crippen LogP contribution >= 0.6 is 15.9 Å². The highest BCUT2D eigenvalue weighted by Gasteiger charge is 2.23. The molecule has 0 aromatic heterocycles. The molecule has 1 heterocycles. The molecule has 98 valence electrons. The Bertz CT molecular complexity index is 411. The predicted molar refractivity (Wildman–Crippen MR) is 77.1 cm³/mol. The molecule has 3 rings (SSSR count). The SMILES string of the molecule is Brc1cccc(CC2CCCN2)c1OCC1CC1. The van der Waals surface area contributed by atoms with E-state index >= 15 is 0 Å². The van der Waals surface area contributed by atoms with Crippen LogP contribution in [0.15, 0.2) is 22.7 Å². The molecule has 1 unspecified atom stereocenters. The Labute approximate surface area is 117 Å². The van der Waals surface area contributed by atoms with Gasteiger partial charge >= 0.3 is 0 Å². The van der Waals surface area contributed by atoms with Gasteiger partial charge in [-0.15, -0.1) is 0 Å². The van der Waals surface area contributed by atoms with E-state index in [9.17, 15) is 0 Å². The quantitative estimate of drug-likeness (QED) is 0.898. The van der Waals surface area contributed by atoms with Gasteiger partial charge in [0, 0.05) is 6.04 Å². The second-order valence-electron chi connectivity index (χ2n) is 5.48. The summed E-state index contributed by atoms with van der Waals surface area (Å²) in [6.07, 6.45) is 6.35. The zero-order valence-corrected chi connectivity index (χ0v) is 12.2. The van der Waals surface area contributed by atoms with Crippen molar-refractivity contribution in [2.75, 3.05) is 13.2 Å². The van der Waals surface area contributed by atoms with Gasteiger partial charge in [-0.25, -0.2) is 0 Å². The third kappa shape index (κ3) is 3.07. The van der Waals surface area contributed by atoms with Crippen molar-refractivity contribution >= 4 is 15.9 Å². The van der Waals surface area contributed by atoms with Gasteiger partial charge < -0.3 is 10.1 Å². The topological polar surface area (TPSA) is 21.3 Å². The lowest BCUT2D eigenvalue weighted by molar-refractivity contribution is 0.294. The van der Waals surface area contributed by atoms with Gasteiger partial charge in [-0.1, -0.05) is 12.1 Å². The fourth-order valence-corrected chi connectivity index (χ4v) is 3.08. The van der Waals surface area contributed by atoms with E-state index in [1.807, 2.05) is 0 Å². The average Bonchev–Trinajstić information content (AvgIpc) is 3.05. The molecule has 1 aromatic rings. The number of nitrogens with one attached hydrogen (secondary N) is 1. The van der Waals surface area contributed by atoms with E-state index in [-0.39, 0.29) is 0 Å². The second kappa shape index (κ2) is 5.62. The maximum absolute atomic E-state index is 6.03. The molecule has 0 radical (unpaired) electrons. The van der Waals surface area contributed by atoms with E-state index in [0.717, 1.165) is 35.7 Å². The van der Waals surface area contributed by atoms with E-state index in [0.29, 0.717) is 6.04 Å². The number of rotatable bonds is 5. The van der Waals surface area contributed by atoms with Gasteiger partial charge in [0.15, 0.2) is 0 Å². The fraction of sp³-hybridized carbons (Fsp3) is 0.600. The highest BCUT2D eigenvalue weighted by Crippen LogP contribution is 2.34. The number of hydrogen-bond acceptors (Lipinski definition) is 2. The van der Waals surface area contributed by atoms with E-state index in [1.165, 1.54) is 31.2 Å². The molecule has 1 atom stereocenters. The minimum Gasteiger partial charge on any atom is -0.492 e. The molecular weight excluding hydrogens is 290 g/mol. The molecular formula is C15H20BrNO. The van der Waals surface area contributed by atoms with Crippen LogP contribution in [-0.2, 0) is 6.42 Å². The van der Waals surface area contributed by atoms with Crippen LogP contribution in [-0.4, -0.2) is 19.2 Å². The van der Waals surface area contributed by atoms with Crippen molar-refractivity contribution in [3.05, 3.63) is 28.2 Å². The molecule has 3 heteroatoms. The van der Waals surface area contributed by atoms with Crippen LogP contribution < -0.4 is 10.1 Å². The van der Waals surface area contributed by atoms with E-state index in [1.54, 1.807) is 0 Å². The summed E-state index contributed by atoms with van der Waals surface area (Å²) in [6, 6.07) is 7.02. The van der Waals surface area contributed by atoms with Gasteiger partial charge in [-0.3, -0.25) is 0 Å². The largest absolute Gasteiger partial charge is 0.492 e. The lowest BCUT2D eigenvalue weighted by Gasteiger charge is -2.16. The van der Waals surface area contributed by atoms with Crippen LogP contribution in [0, 0.1) is 5.92 Å². The van der Waals surface area contributed by atoms with Gasteiger partial charge in [0.1, 0.15) is 5.75 Å². The summed E-state index contributed by atoms with van der Waals surface area (Å²) >= 11 is 3.62. The van der Waals surface area contributed by atoms with Crippen molar-refractivity contribution in [1.82, 2.24) is 5.32 Å². The first-order valence-electron chi connectivity index (χ1n) is 6.96. The van der Waals surface area contributed by atoms with E-state index in [4.69, 9.17) is 4.74 Å². The third-order valence-corrected chi connectivity index (χ3v) is 4.46. The van der Waals surface area contributed by atoms with Gasteiger partial charge in [-0.2, -0.15) is 0 Å². The number of ether oxygens (including phenoxy) is 1. The summed E-state index contributed by atoms with van der Waals surface area (Å²) < 4.78 is 7.12. The Morgan fingerprint density at radius 3 is 2.89 bits per heavy atom. The van der Waals surface area contributed by atoms with Crippen LogP contribution in [0.3, 0.4) is 0 Å². The molecule has 1 aliphatic heterocycles. The van der Waals surface area contributed by atoms with Crippen molar-refractivity contribution in [2.45, 2.75) is 38.1 Å². The highest BCUT2D eigenvalue weighted by atomic mass is 79.9. The van der Waals surface area contributed by atoms with Crippen LogP contribution in [0.25, 0.3) is 0 Å². The van der Waals surface area contributed by atoms with Crippen molar-refractivity contribution in [3.8, 4) is 5.75 Å².